The van der Waals surface area contributed by atoms with Gasteiger partial charge in [-0.2, -0.15) is 0 Å². The molecule has 2 N–H and O–H groups in total. The maximum Gasteiger partial charge on any atom is 0.211 e. The Balaban J connectivity index is 2.15. The van der Waals surface area contributed by atoms with Gasteiger partial charge in [0.25, 0.3) is 0 Å². The molecule has 0 saturated carbocycles. The maximum absolute atomic E-state index is 6.03. The van der Waals surface area contributed by atoms with Crippen LogP contribution in [0, 0.1) is 5.41 Å². The molecule has 0 aromatic heterocycles. The van der Waals surface area contributed by atoms with Crippen LogP contribution < -0.4 is 5.73 Å². The molecule has 0 spiro atoms. The van der Waals surface area contributed by atoms with E-state index < -0.39 is 0 Å². The summed E-state index contributed by atoms with van der Waals surface area (Å²) >= 11 is 0. The fourth-order valence-electron chi connectivity index (χ4n) is 1.76. The Kier molecular flexibility index (Phi) is 3.41. The van der Waals surface area contributed by atoms with Crippen LogP contribution in [0.5, 0.6) is 0 Å². The molecular formula is C15H20N2O. The van der Waals surface area contributed by atoms with Crippen molar-refractivity contribution in [3.05, 3.63) is 42.0 Å². The Bertz CT molecular complexity index is 469. The van der Waals surface area contributed by atoms with Crippen LogP contribution in [0.1, 0.15) is 26.3 Å². The van der Waals surface area contributed by atoms with E-state index in [1.165, 1.54) is 0 Å². The number of nitrogens with zero attached hydrogens (tertiary/aromatic N) is 1. The van der Waals surface area contributed by atoms with E-state index in [0.717, 1.165) is 5.56 Å². The molecule has 1 aromatic carbocycles. The zero-order valence-electron chi connectivity index (χ0n) is 11.2. The number of hydrogen-bond acceptors (Lipinski definition) is 3. The summed E-state index contributed by atoms with van der Waals surface area (Å²) in [6, 6.07) is 10.0. The molecular weight excluding hydrogens is 224 g/mol. The van der Waals surface area contributed by atoms with Crippen LogP contribution in [0.3, 0.4) is 0 Å². The number of rotatable bonds is 2. The van der Waals surface area contributed by atoms with Gasteiger partial charge in [-0.3, -0.25) is 0 Å². The Labute approximate surface area is 108 Å². The summed E-state index contributed by atoms with van der Waals surface area (Å²) in [6.07, 6.45) is 1.81. The van der Waals surface area contributed by atoms with E-state index in [1.54, 1.807) is 6.08 Å². The van der Waals surface area contributed by atoms with Crippen LogP contribution in [0.2, 0.25) is 0 Å². The lowest BCUT2D eigenvalue weighted by Crippen LogP contribution is -2.25. The summed E-state index contributed by atoms with van der Waals surface area (Å²) in [5.41, 5.74) is 7.82. The lowest BCUT2D eigenvalue weighted by Gasteiger charge is -2.21. The summed E-state index contributed by atoms with van der Waals surface area (Å²) in [5.74, 6) is 0.635. The van der Waals surface area contributed by atoms with Crippen LogP contribution in [-0.2, 0) is 4.74 Å². The third-order valence-electron chi connectivity index (χ3n) is 3.06. The second-order valence-electron chi connectivity index (χ2n) is 5.63. The first-order valence-electron chi connectivity index (χ1n) is 6.20. The first-order valence-corrected chi connectivity index (χ1v) is 6.20. The summed E-state index contributed by atoms with van der Waals surface area (Å²) in [5, 5.41) is 0. The maximum atomic E-state index is 6.03. The van der Waals surface area contributed by atoms with Crippen molar-refractivity contribution in [1.29, 1.82) is 0 Å². The van der Waals surface area contributed by atoms with Gasteiger partial charge < -0.3 is 10.5 Å². The van der Waals surface area contributed by atoms with E-state index in [1.807, 2.05) is 30.3 Å². The molecule has 1 heterocycles. The standard InChI is InChI=1S/C15H20N2O/c1-15(2,3)13-10-18-14(17-13)9-12(16)11-7-5-4-6-8-11/h4-9,13H,10,16H2,1-3H3/t13-/m1/s1. The van der Waals surface area contributed by atoms with Gasteiger partial charge in [0.05, 0.1) is 6.04 Å². The predicted molar refractivity (Wildman–Crippen MR) is 75.2 cm³/mol. The molecule has 96 valence electrons. The van der Waals surface area contributed by atoms with Crippen molar-refractivity contribution < 1.29 is 4.74 Å². The highest BCUT2D eigenvalue weighted by Gasteiger charge is 2.29. The van der Waals surface area contributed by atoms with Gasteiger partial charge >= 0.3 is 0 Å². The van der Waals surface area contributed by atoms with Gasteiger partial charge in [0.2, 0.25) is 5.90 Å². The van der Waals surface area contributed by atoms with Gasteiger partial charge in [0.1, 0.15) is 6.61 Å². The van der Waals surface area contributed by atoms with Gasteiger partial charge in [-0.1, -0.05) is 51.1 Å². The summed E-state index contributed by atoms with van der Waals surface area (Å²) in [4.78, 5) is 4.56. The fraction of sp³-hybridized carbons (Fsp3) is 0.400. The quantitative estimate of drug-likeness (QED) is 0.869. The normalized spacial score (nSPS) is 20.5. The fourth-order valence-corrected chi connectivity index (χ4v) is 1.76. The molecule has 3 nitrogen and oxygen atoms in total. The van der Waals surface area contributed by atoms with Crippen molar-refractivity contribution in [3.8, 4) is 0 Å². The number of benzene rings is 1. The molecule has 3 heteroatoms. The topological polar surface area (TPSA) is 47.6 Å². The molecule has 1 aromatic rings. The Morgan fingerprint density at radius 2 is 2.00 bits per heavy atom. The van der Waals surface area contributed by atoms with Crippen molar-refractivity contribution in [2.45, 2.75) is 26.8 Å². The van der Waals surface area contributed by atoms with E-state index >= 15 is 0 Å². The molecule has 18 heavy (non-hydrogen) atoms. The Morgan fingerprint density at radius 1 is 1.33 bits per heavy atom. The van der Waals surface area contributed by atoms with Crippen LogP contribution in [0.25, 0.3) is 5.70 Å². The second-order valence-corrected chi connectivity index (χ2v) is 5.63. The summed E-state index contributed by atoms with van der Waals surface area (Å²) < 4.78 is 5.58. The summed E-state index contributed by atoms with van der Waals surface area (Å²) in [6.45, 7) is 7.13. The molecule has 0 bridgehead atoms. The van der Waals surface area contributed by atoms with Gasteiger partial charge in [-0.05, 0) is 11.0 Å². The highest BCUT2D eigenvalue weighted by Crippen LogP contribution is 2.26. The van der Waals surface area contributed by atoms with E-state index in [0.29, 0.717) is 18.2 Å². The third-order valence-corrected chi connectivity index (χ3v) is 3.06. The molecule has 1 atom stereocenters. The van der Waals surface area contributed by atoms with Gasteiger partial charge in [-0.25, -0.2) is 4.99 Å². The van der Waals surface area contributed by atoms with E-state index in [4.69, 9.17) is 10.5 Å². The number of hydrogen-bond donors (Lipinski definition) is 1. The molecule has 0 unspecified atom stereocenters. The average Bonchev–Trinajstić information content (AvgIpc) is 2.78. The van der Waals surface area contributed by atoms with Crippen molar-refractivity contribution in [3.63, 3.8) is 0 Å². The third kappa shape index (κ3) is 2.92. The minimum Gasteiger partial charge on any atom is -0.476 e. The number of nitrogens with two attached hydrogens (primary N) is 1. The highest BCUT2D eigenvalue weighted by molar-refractivity contribution is 5.95. The first-order chi connectivity index (χ1) is 8.47. The van der Waals surface area contributed by atoms with Gasteiger partial charge in [0.15, 0.2) is 0 Å². The van der Waals surface area contributed by atoms with Crippen LogP contribution in [-0.4, -0.2) is 18.5 Å². The van der Waals surface area contributed by atoms with E-state index in [-0.39, 0.29) is 11.5 Å². The van der Waals surface area contributed by atoms with Crippen molar-refractivity contribution in [1.82, 2.24) is 0 Å². The minimum absolute atomic E-state index is 0.122. The zero-order chi connectivity index (χ0) is 13.2. The molecule has 1 aliphatic heterocycles. The van der Waals surface area contributed by atoms with Crippen LogP contribution in [0.15, 0.2) is 41.4 Å². The molecule has 1 aliphatic rings. The molecule has 0 fully saturated rings. The zero-order valence-corrected chi connectivity index (χ0v) is 11.2. The van der Waals surface area contributed by atoms with Crippen molar-refractivity contribution in [2.75, 3.05) is 6.61 Å². The molecule has 0 saturated heterocycles. The minimum atomic E-state index is 0.122. The Morgan fingerprint density at radius 3 is 2.56 bits per heavy atom. The van der Waals surface area contributed by atoms with E-state index in [9.17, 15) is 0 Å². The molecule has 2 rings (SSSR count). The lowest BCUT2D eigenvalue weighted by atomic mass is 9.88. The highest BCUT2D eigenvalue weighted by atomic mass is 16.5. The van der Waals surface area contributed by atoms with Gasteiger partial charge in [0, 0.05) is 11.8 Å². The second kappa shape index (κ2) is 4.84. The van der Waals surface area contributed by atoms with Crippen molar-refractivity contribution in [2.24, 2.45) is 16.1 Å². The average molecular weight is 244 g/mol. The molecule has 0 amide bonds. The lowest BCUT2D eigenvalue weighted by molar-refractivity contribution is 0.236. The number of ether oxygens (including phenoxy) is 1. The van der Waals surface area contributed by atoms with Crippen LogP contribution in [0.4, 0.5) is 0 Å². The van der Waals surface area contributed by atoms with Gasteiger partial charge in [-0.15, -0.1) is 0 Å². The van der Waals surface area contributed by atoms with Crippen LogP contribution >= 0.6 is 0 Å². The van der Waals surface area contributed by atoms with Crippen molar-refractivity contribution >= 4 is 11.6 Å². The largest absolute Gasteiger partial charge is 0.476 e. The summed E-state index contributed by atoms with van der Waals surface area (Å²) in [7, 11) is 0. The first kappa shape index (κ1) is 12.7. The smallest absolute Gasteiger partial charge is 0.211 e. The predicted octanol–water partition coefficient (Wildman–Crippen LogP) is 2.83. The van der Waals surface area contributed by atoms with E-state index in [2.05, 4.69) is 25.8 Å². The molecule has 0 aliphatic carbocycles. The number of aliphatic imine (C=N–C) groups is 1. The SMILES string of the molecule is CC(C)(C)[C@H]1COC(C=C(N)c2ccccc2)=N1. The molecule has 0 radical (unpaired) electrons. The Hall–Kier alpha value is -1.77. The monoisotopic (exact) mass is 244 g/mol.